The van der Waals surface area contributed by atoms with Crippen molar-refractivity contribution >= 4 is 44.8 Å². The number of Topliss-reactive ketones (excluding diaryl/α,β-unsaturated/α-hetero) is 1. The van der Waals surface area contributed by atoms with Crippen LogP contribution in [0.4, 0.5) is 0 Å². The van der Waals surface area contributed by atoms with Gasteiger partial charge >= 0.3 is 0 Å². The molecule has 0 fully saturated rings. The standard InChI is InChI=1S/C11H15BrOS2/c1-8(2)6-14-7-9(13)5-11-10(12)3-4-15-11/h3-4,8H,5-7H2,1-2H3. The van der Waals surface area contributed by atoms with Gasteiger partial charge < -0.3 is 0 Å². The smallest absolute Gasteiger partial charge is 0.147 e. The van der Waals surface area contributed by atoms with Gasteiger partial charge in [0.05, 0.1) is 5.75 Å². The van der Waals surface area contributed by atoms with E-state index in [4.69, 9.17) is 0 Å². The lowest BCUT2D eigenvalue weighted by atomic mass is 10.3. The molecule has 0 unspecified atom stereocenters. The molecule has 1 rings (SSSR count). The Kier molecular flexibility index (Phi) is 5.94. The Morgan fingerprint density at radius 2 is 2.33 bits per heavy atom. The van der Waals surface area contributed by atoms with Crippen molar-refractivity contribution in [2.24, 2.45) is 5.92 Å². The van der Waals surface area contributed by atoms with Crippen molar-refractivity contribution < 1.29 is 4.79 Å². The lowest BCUT2D eigenvalue weighted by molar-refractivity contribution is -0.115. The second kappa shape index (κ2) is 6.71. The zero-order valence-corrected chi connectivity index (χ0v) is 12.2. The van der Waals surface area contributed by atoms with Gasteiger partial charge in [0.2, 0.25) is 0 Å². The highest BCUT2D eigenvalue weighted by Crippen LogP contribution is 2.23. The summed E-state index contributed by atoms with van der Waals surface area (Å²) in [6.07, 6.45) is 0.573. The SMILES string of the molecule is CC(C)CSCC(=O)Cc1sccc1Br. The van der Waals surface area contributed by atoms with Crippen LogP contribution in [-0.4, -0.2) is 17.3 Å². The van der Waals surface area contributed by atoms with E-state index in [0.717, 1.165) is 15.1 Å². The molecule has 1 aromatic rings. The molecule has 0 aliphatic carbocycles. The average molecular weight is 307 g/mol. The number of halogens is 1. The summed E-state index contributed by atoms with van der Waals surface area (Å²) in [5.74, 6) is 2.69. The number of thioether (sulfide) groups is 1. The highest BCUT2D eigenvalue weighted by molar-refractivity contribution is 9.10. The van der Waals surface area contributed by atoms with Crippen LogP contribution in [0.2, 0.25) is 0 Å². The minimum absolute atomic E-state index is 0.323. The number of rotatable bonds is 6. The number of ketones is 1. The van der Waals surface area contributed by atoms with Crippen LogP contribution in [0.15, 0.2) is 15.9 Å². The van der Waals surface area contributed by atoms with Gasteiger partial charge in [0.15, 0.2) is 0 Å². The van der Waals surface area contributed by atoms with Crippen LogP contribution in [0.3, 0.4) is 0 Å². The number of hydrogen-bond acceptors (Lipinski definition) is 3. The molecule has 0 spiro atoms. The van der Waals surface area contributed by atoms with Gasteiger partial charge in [0, 0.05) is 15.8 Å². The summed E-state index contributed by atoms with van der Waals surface area (Å²) in [6.45, 7) is 4.35. The first kappa shape index (κ1) is 13.3. The third-order valence-electron chi connectivity index (χ3n) is 1.76. The molecule has 0 atom stereocenters. The number of hydrogen-bond donors (Lipinski definition) is 0. The number of carbonyl (C=O) groups excluding carboxylic acids is 1. The molecule has 1 aromatic heterocycles. The molecule has 84 valence electrons. The molecule has 0 aliphatic rings. The predicted octanol–water partition coefficient (Wildman–Crippen LogP) is 4.01. The van der Waals surface area contributed by atoms with Crippen molar-refractivity contribution in [3.63, 3.8) is 0 Å². The Labute approximate surface area is 108 Å². The van der Waals surface area contributed by atoms with E-state index in [9.17, 15) is 4.79 Å². The van der Waals surface area contributed by atoms with Gasteiger partial charge in [-0.05, 0) is 39.0 Å². The lowest BCUT2D eigenvalue weighted by Crippen LogP contribution is -2.06. The van der Waals surface area contributed by atoms with Crippen LogP contribution in [-0.2, 0) is 11.2 Å². The summed E-state index contributed by atoms with van der Waals surface area (Å²) in [5, 5.41) is 2.01. The van der Waals surface area contributed by atoms with E-state index in [1.807, 2.05) is 11.4 Å². The van der Waals surface area contributed by atoms with E-state index in [0.29, 0.717) is 23.9 Å². The summed E-state index contributed by atoms with van der Waals surface area (Å²) in [4.78, 5) is 12.8. The summed E-state index contributed by atoms with van der Waals surface area (Å²) in [6, 6.07) is 1.99. The molecule has 1 nitrogen and oxygen atoms in total. The molecule has 0 saturated carbocycles. The first-order valence-electron chi connectivity index (χ1n) is 4.91. The van der Waals surface area contributed by atoms with Crippen LogP contribution in [0, 0.1) is 5.92 Å². The molecule has 0 saturated heterocycles. The van der Waals surface area contributed by atoms with Crippen molar-refractivity contribution in [2.45, 2.75) is 20.3 Å². The monoisotopic (exact) mass is 306 g/mol. The third kappa shape index (κ3) is 5.18. The fourth-order valence-electron chi connectivity index (χ4n) is 1.09. The quantitative estimate of drug-likeness (QED) is 0.790. The Morgan fingerprint density at radius 3 is 2.87 bits per heavy atom. The summed E-state index contributed by atoms with van der Waals surface area (Å²) < 4.78 is 1.06. The van der Waals surface area contributed by atoms with E-state index >= 15 is 0 Å². The summed E-state index contributed by atoms with van der Waals surface area (Å²) in [7, 11) is 0. The van der Waals surface area contributed by atoms with Crippen LogP contribution in [0.25, 0.3) is 0 Å². The van der Waals surface area contributed by atoms with Gasteiger partial charge in [-0.2, -0.15) is 11.8 Å². The highest BCUT2D eigenvalue weighted by Gasteiger charge is 2.08. The molecular weight excluding hydrogens is 292 g/mol. The van der Waals surface area contributed by atoms with Gasteiger partial charge in [-0.3, -0.25) is 4.79 Å². The van der Waals surface area contributed by atoms with E-state index in [-0.39, 0.29) is 0 Å². The summed E-state index contributed by atoms with van der Waals surface area (Å²) in [5.41, 5.74) is 0. The Bertz CT molecular complexity index is 320. The lowest BCUT2D eigenvalue weighted by Gasteiger charge is -2.03. The van der Waals surface area contributed by atoms with Crippen molar-refractivity contribution in [1.82, 2.24) is 0 Å². The van der Waals surface area contributed by atoms with E-state index in [1.54, 1.807) is 23.1 Å². The van der Waals surface area contributed by atoms with E-state index < -0.39 is 0 Å². The van der Waals surface area contributed by atoms with Crippen molar-refractivity contribution in [3.05, 3.63) is 20.8 Å². The zero-order valence-electron chi connectivity index (χ0n) is 8.96. The molecular formula is C11H15BrOS2. The fourth-order valence-corrected chi connectivity index (χ4v) is 3.53. The van der Waals surface area contributed by atoms with Crippen molar-refractivity contribution in [1.29, 1.82) is 0 Å². The van der Waals surface area contributed by atoms with Gasteiger partial charge in [0.25, 0.3) is 0 Å². The maximum absolute atomic E-state index is 11.6. The Balaban J connectivity index is 2.28. The van der Waals surface area contributed by atoms with Crippen molar-refractivity contribution in [3.8, 4) is 0 Å². The second-order valence-corrected chi connectivity index (χ2v) is 6.70. The number of thiophene rings is 1. The van der Waals surface area contributed by atoms with Gasteiger partial charge in [-0.15, -0.1) is 11.3 Å². The molecule has 4 heteroatoms. The topological polar surface area (TPSA) is 17.1 Å². The highest BCUT2D eigenvalue weighted by atomic mass is 79.9. The largest absolute Gasteiger partial charge is 0.298 e. The fraction of sp³-hybridized carbons (Fsp3) is 0.545. The second-order valence-electron chi connectivity index (χ2n) is 3.82. The Morgan fingerprint density at radius 1 is 1.60 bits per heavy atom. The third-order valence-corrected chi connectivity index (χ3v) is 5.12. The van der Waals surface area contributed by atoms with E-state index in [2.05, 4.69) is 29.8 Å². The Hall–Kier alpha value is 0.200. The zero-order chi connectivity index (χ0) is 11.3. The molecule has 0 N–H and O–H groups in total. The molecule has 0 radical (unpaired) electrons. The molecule has 0 amide bonds. The van der Waals surface area contributed by atoms with Gasteiger partial charge in [-0.25, -0.2) is 0 Å². The molecule has 15 heavy (non-hydrogen) atoms. The average Bonchev–Trinajstić information content (AvgIpc) is 2.51. The maximum Gasteiger partial charge on any atom is 0.147 e. The van der Waals surface area contributed by atoms with E-state index in [1.165, 1.54) is 0 Å². The minimum Gasteiger partial charge on any atom is -0.298 e. The van der Waals surface area contributed by atoms with Crippen LogP contribution in [0.5, 0.6) is 0 Å². The number of carbonyl (C=O) groups is 1. The first-order chi connectivity index (χ1) is 7.09. The predicted molar refractivity (Wildman–Crippen MR) is 72.9 cm³/mol. The van der Waals surface area contributed by atoms with Gasteiger partial charge in [-0.1, -0.05) is 13.8 Å². The van der Waals surface area contributed by atoms with Gasteiger partial charge in [0.1, 0.15) is 5.78 Å². The summed E-state index contributed by atoms with van der Waals surface area (Å²) >= 11 is 6.82. The van der Waals surface area contributed by atoms with Crippen LogP contribution < -0.4 is 0 Å². The molecule has 0 aliphatic heterocycles. The molecule has 0 aromatic carbocycles. The van der Waals surface area contributed by atoms with Crippen LogP contribution >= 0.6 is 39.0 Å². The minimum atomic E-state index is 0.323. The molecule has 1 heterocycles. The maximum atomic E-state index is 11.6. The molecule has 0 bridgehead atoms. The van der Waals surface area contributed by atoms with Crippen LogP contribution in [0.1, 0.15) is 18.7 Å². The normalized spacial score (nSPS) is 10.9. The first-order valence-corrected chi connectivity index (χ1v) is 7.73. The van der Waals surface area contributed by atoms with Crippen molar-refractivity contribution in [2.75, 3.05) is 11.5 Å².